The molecule has 0 radical (unpaired) electrons. The topological polar surface area (TPSA) is 108 Å². The van der Waals surface area contributed by atoms with E-state index in [2.05, 4.69) is 42.9 Å². The van der Waals surface area contributed by atoms with Crippen molar-refractivity contribution >= 4 is 28.4 Å². The lowest BCUT2D eigenvalue weighted by Gasteiger charge is -2.39. The van der Waals surface area contributed by atoms with Crippen LogP contribution < -0.4 is 10.6 Å². The van der Waals surface area contributed by atoms with Crippen molar-refractivity contribution in [3.05, 3.63) is 30.1 Å². The van der Waals surface area contributed by atoms with Crippen LogP contribution in [0.15, 0.2) is 24.4 Å². The summed E-state index contributed by atoms with van der Waals surface area (Å²) in [6.07, 6.45) is 7.25. The Morgan fingerprint density at radius 3 is 2.79 bits per heavy atom. The number of nitrogens with one attached hydrogen (secondary N) is 4. The summed E-state index contributed by atoms with van der Waals surface area (Å²) >= 11 is 0. The van der Waals surface area contributed by atoms with E-state index >= 15 is 0 Å². The summed E-state index contributed by atoms with van der Waals surface area (Å²) in [5.74, 6) is 2.44. The highest BCUT2D eigenvalue weighted by atomic mass is 15.2. The van der Waals surface area contributed by atoms with E-state index in [0.29, 0.717) is 24.5 Å². The average Bonchev–Trinajstić information content (AvgIpc) is 3.39. The van der Waals surface area contributed by atoms with Gasteiger partial charge < -0.3 is 15.6 Å². The van der Waals surface area contributed by atoms with E-state index in [1.165, 1.54) is 12.8 Å². The fourth-order valence-corrected chi connectivity index (χ4v) is 4.98. The zero-order valence-electron chi connectivity index (χ0n) is 16.6. The molecule has 29 heavy (non-hydrogen) atoms. The van der Waals surface area contributed by atoms with E-state index in [1.54, 1.807) is 0 Å². The molecule has 3 aromatic heterocycles. The van der Waals surface area contributed by atoms with E-state index in [0.717, 1.165) is 53.4 Å². The summed E-state index contributed by atoms with van der Waals surface area (Å²) in [4.78, 5) is 10.7. The zero-order chi connectivity index (χ0) is 19.8. The number of aromatic amines is 2. The maximum absolute atomic E-state index is 8.93. The quantitative estimate of drug-likeness (QED) is 0.511. The van der Waals surface area contributed by atoms with Crippen molar-refractivity contribution in [3.8, 4) is 6.07 Å². The van der Waals surface area contributed by atoms with E-state index in [9.17, 15) is 0 Å². The van der Waals surface area contributed by atoms with E-state index in [1.807, 2.05) is 25.3 Å². The number of nitriles is 1. The number of fused-ring (bicyclic) bond motifs is 3. The van der Waals surface area contributed by atoms with Crippen LogP contribution in [0.1, 0.15) is 37.8 Å². The molecule has 0 amide bonds. The van der Waals surface area contributed by atoms with Crippen LogP contribution in [-0.4, -0.2) is 49.7 Å². The molecule has 5 rings (SSSR count). The van der Waals surface area contributed by atoms with Crippen LogP contribution in [0, 0.1) is 18.3 Å². The van der Waals surface area contributed by atoms with Gasteiger partial charge in [0.05, 0.1) is 11.6 Å². The molecule has 1 unspecified atom stereocenters. The third-order valence-corrected chi connectivity index (χ3v) is 6.22. The fourth-order valence-electron chi connectivity index (χ4n) is 4.98. The molecular formula is C21H26N8. The Hall–Kier alpha value is -3.05. The smallest absolute Gasteiger partial charge is 0.153 e. The molecule has 3 atom stereocenters. The Morgan fingerprint density at radius 2 is 2.07 bits per heavy atom. The van der Waals surface area contributed by atoms with Crippen LogP contribution in [0.4, 0.5) is 17.5 Å². The summed E-state index contributed by atoms with van der Waals surface area (Å²) in [6, 6.07) is 9.94. The number of hydrogen-bond acceptors (Lipinski definition) is 6. The molecule has 8 heteroatoms. The highest BCUT2D eigenvalue weighted by Crippen LogP contribution is 2.37. The lowest BCUT2D eigenvalue weighted by Crippen LogP contribution is -2.47. The number of piperidine rings is 1. The van der Waals surface area contributed by atoms with Gasteiger partial charge in [-0.25, -0.2) is 4.98 Å². The van der Waals surface area contributed by atoms with Crippen LogP contribution in [-0.2, 0) is 0 Å². The van der Waals surface area contributed by atoms with Crippen molar-refractivity contribution < 1.29 is 0 Å². The fraction of sp³-hybridized carbons (Fsp3) is 0.476. The Morgan fingerprint density at radius 1 is 1.24 bits per heavy atom. The first kappa shape index (κ1) is 18.0. The van der Waals surface area contributed by atoms with E-state index in [-0.39, 0.29) is 0 Å². The highest BCUT2D eigenvalue weighted by Gasteiger charge is 2.40. The summed E-state index contributed by atoms with van der Waals surface area (Å²) in [5.41, 5.74) is 2.05. The van der Waals surface area contributed by atoms with Gasteiger partial charge in [-0.1, -0.05) is 0 Å². The number of rotatable bonds is 6. The third-order valence-electron chi connectivity index (χ3n) is 6.22. The normalized spacial score (nSPS) is 23.9. The summed E-state index contributed by atoms with van der Waals surface area (Å²) in [5, 5.41) is 24.2. The Bertz CT molecular complexity index is 1030. The van der Waals surface area contributed by atoms with Crippen molar-refractivity contribution in [3.63, 3.8) is 0 Å². The molecule has 0 aliphatic carbocycles. The van der Waals surface area contributed by atoms with Crippen molar-refractivity contribution in [2.75, 3.05) is 17.2 Å². The van der Waals surface area contributed by atoms with Crippen LogP contribution in [0.3, 0.4) is 0 Å². The van der Waals surface area contributed by atoms with Gasteiger partial charge in [0.25, 0.3) is 0 Å². The van der Waals surface area contributed by atoms with Crippen LogP contribution in [0.2, 0.25) is 0 Å². The van der Waals surface area contributed by atoms with Crippen molar-refractivity contribution in [2.24, 2.45) is 0 Å². The molecule has 2 aliphatic rings. The van der Waals surface area contributed by atoms with Crippen molar-refractivity contribution in [1.29, 1.82) is 5.26 Å². The zero-order valence-corrected chi connectivity index (χ0v) is 16.6. The SMILES string of the molecule is Cc1cc(Nc2nc(NC3C[C@H]4CC[C@@H](C3)N4CCC#N)cc3[nH]ccc23)n[nH]1. The predicted molar refractivity (Wildman–Crippen MR) is 113 cm³/mol. The van der Waals surface area contributed by atoms with Gasteiger partial charge in [0.1, 0.15) is 11.6 Å². The second kappa shape index (κ2) is 7.41. The first-order valence-corrected chi connectivity index (χ1v) is 10.4. The number of aromatic nitrogens is 4. The van der Waals surface area contributed by atoms with Gasteiger partial charge >= 0.3 is 0 Å². The predicted octanol–water partition coefficient (Wildman–Crippen LogP) is 3.66. The highest BCUT2D eigenvalue weighted by molar-refractivity contribution is 5.93. The molecule has 2 fully saturated rings. The van der Waals surface area contributed by atoms with Gasteiger partial charge in [-0.3, -0.25) is 10.00 Å². The molecule has 0 aromatic carbocycles. The maximum Gasteiger partial charge on any atom is 0.153 e. The Balaban J connectivity index is 1.34. The first-order valence-electron chi connectivity index (χ1n) is 10.4. The van der Waals surface area contributed by atoms with Gasteiger partial charge in [0.2, 0.25) is 0 Å². The molecule has 4 N–H and O–H groups in total. The molecule has 2 bridgehead atoms. The number of H-pyrrole nitrogens is 2. The van der Waals surface area contributed by atoms with Gasteiger partial charge in [-0.15, -0.1) is 0 Å². The lowest BCUT2D eigenvalue weighted by atomic mass is 9.97. The van der Waals surface area contributed by atoms with Gasteiger partial charge in [-0.2, -0.15) is 10.4 Å². The minimum atomic E-state index is 0.409. The molecular weight excluding hydrogens is 364 g/mol. The molecule has 150 valence electrons. The van der Waals surface area contributed by atoms with E-state index in [4.69, 9.17) is 10.2 Å². The van der Waals surface area contributed by atoms with Gasteiger partial charge in [0, 0.05) is 60.5 Å². The minimum Gasteiger partial charge on any atom is -0.367 e. The summed E-state index contributed by atoms with van der Waals surface area (Å²) in [7, 11) is 0. The largest absolute Gasteiger partial charge is 0.367 e. The molecule has 0 saturated carbocycles. The van der Waals surface area contributed by atoms with Crippen LogP contribution in [0.25, 0.3) is 10.9 Å². The second-order valence-corrected chi connectivity index (χ2v) is 8.20. The molecule has 3 aromatic rings. The standard InChI is InChI=1S/C21H26N8/c1-13-9-20(28-27-13)26-21-17-5-7-23-18(17)12-19(25-21)24-14-10-15-3-4-16(11-14)29(15)8-2-6-22/h5,7,9,12,14-16,23H,2-4,8,10-11H2,1H3,(H3,24,25,26,27,28)/t14?,15-,16+. The van der Waals surface area contributed by atoms with Crippen LogP contribution >= 0.6 is 0 Å². The minimum absolute atomic E-state index is 0.409. The lowest BCUT2D eigenvalue weighted by molar-refractivity contribution is 0.136. The number of anilines is 3. The number of aryl methyl sites for hydroxylation is 1. The third kappa shape index (κ3) is 3.54. The molecule has 5 heterocycles. The summed E-state index contributed by atoms with van der Waals surface area (Å²) in [6.45, 7) is 2.88. The number of pyridine rings is 1. The van der Waals surface area contributed by atoms with Gasteiger partial charge in [0.15, 0.2) is 5.82 Å². The molecule has 2 aliphatic heterocycles. The average molecular weight is 390 g/mol. The monoisotopic (exact) mass is 390 g/mol. The van der Waals surface area contributed by atoms with Crippen LogP contribution in [0.5, 0.6) is 0 Å². The first-order chi connectivity index (χ1) is 14.2. The Kier molecular flexibility index (Phi) is 4.60. The summed E-state index contributed by atoms with van der Waals surface area (Å²) < 4.78 is 0. The molecule has 0 spiro atoms. The van der Waals surface area contributed by atoms with Gasteiger partial charge in [-0.05, 0) is 38.7 Å². The Labute approximate surface area is 169 Å². The maximum atomic E-state index is 8.93. The molecule has 2 saturated heterocycles. The number of nitrogens with zero attached hydrogens (tertiary/aromatic N) is 4. The number of hydrogen-bond donors (Lipinski definition) is 4. The molecule has 8 nitrogen and oxygen atoms in total. The van der Waals surface area contributed by atoms with Crippen molar-refractivity contribution in [2.45, 2.75) is 57.2 Å². The second-order valence-electron chi connectivity index (χ2n) is 8.20. The van der Waals surface area contributed by atoms with Crippen molar-refractivity contribution in [1.82, 2.24) is 25.1 Å². The van der Waals surface area contributed by atoms with E-state index < -0.39 is 0 Å².